The fourth-order valence-electron chi connectivity index (χ4n) is 4.03. The molecular formula is C23H23ClN4O4. The van der Waals surface area contributed by atoms with Crippen molar-refractivity contribution >= 4 is 17.5 Å². The van der Waals surface area contributed by atoms with Crippen LogP contribution in [0.1, 0.15) is 23.2 Å². The van der Waals surface area contributed by atoms with Crippen molar-refractivity contribution in [3.63, 3.8) is 0 Å². The lowest BCUT2D eigenvalue weighted by molar-refractivity contribution is -0.0871. The van der Waals surface area contributed by atoms with E-state index in [0.717, 1.165) is 17.7 Å². The van der Waals surface area contributed by atoms with Crippen molar-refractivity contribution in [1.29, 1.82) is 0 Å². The maximum Gasteiger partial charge on any atom is 0.311 e. The molecule has 166 valence electrons. The molecular weight excluding hydrogens is 432 g/mol. The van der Waals surface area contributed by atoms with E-state index in [1.807, 2.05) is 55.5 Å². The molecule has 0 atom stereocenters. The van der Waals surface area contributed by atoms with E-state index < -0.39 is 5.60 Å². The molecule has 0 aliphatic carbocycles. The van der Waals surface area contributed by atoms with E-state index in [1.165, 1.54) is 0 Å². The van der Waals surface area contributed by atoms with Crippen molar-refractivity contribution in [1.82, 2.24) is 20.0 Å². The van der Waals surface area contributed by atoms with Gasteiger partial charge < -0.3 is 19.2 Å². The third kappa shape index (κ3) is 4.34. The summed E-state index contributed by atoms with van der Waals surface area (Å²) in [5.41, 5.74) is 1.24. The van der Waals surface area contributed by atoms with Crippen LogP contribution in [-0.2, 0) is 6.54 Å². The summed E-state index contributed by atoms with van der Waals surface area (Å²) in [6.45, 7) is 4.72. The first-order valence-corrected chi connectivity index (χ1v) is 10.8. The smallest absolute Gasteiger partial charge is 0.311 e. The number of aromatic nitrogens is 2. The predicted octanol–water partition coefficient (Wildman–Crippen LogP) is 2.86. The van der Waals surface area contributed by atoms with E-state index in [1.54, 1.807) is 4.90 Å². The minimum absolute atomic E-state index is 0.0327. The molecule has 3 heterocycles. The number of nitrogens with zero attached hydrogens (tertiary/aromatic N) is 4. The normalized spacial score (nSPS) is 18.2. The highest BCUT2D eigenvalue weighted by atomic mass is 35.5. The van der Waals surface area contributed by atoms with Crippen molar-refractivity contribution in [2.75, 3.05) is 26.2 Å². The Morgan fingerprint density at radius 2 is 1.97 bits per heavy atom. The van der Waals surface area contributed by atoms with E-state index in [-0.39, 0.29) is 17.9 Å². The molecule has 2 aliphatic heterocycles. The Balaban J connectivity index is 1.13. The van der Waals surface area contributed by atoms with Crippen molar-refractivity contribution in [3.05, 3.63) is 65.0 Å². The SMILES string of the molecule is CC1(O)CN(Cc2ccc(OC3CN(C(=O)c4nnc(-c5ccccc5)o4)C3)c(Cl)c2)C1. The van der Waals surface area contributed by atoms with Gasteiger partial charge in [-0.3, -0.25) is 9.69 Å². The summed E-state index contributed by atoms with van der Waals surface area (Å²) in [7, 11) is 0. The molecule has 0 saturated carbocycles. The highest BCUT2D eigenvalue weighted by Gasteiger charge is 2.37. The van der Waals surface area contributed by atoms with Crippen molar-refractivity contribution in [3.8, 4) is 17.2 Å². The van der Waals surface area contributed by atoms with Crippen LogP contribution in [0.5, 0.6) is 5.75 Å². The zero-order valence-corrected chi connectivity index (χ0v) is 18.3. The molecule has 2 saturated heterocycles. The molecule has 2 aromatic carbocycles. The third-order valence-electron chi connectivity index (χ3n) is 5.59. The number of amides is 1. The average molecular weight is 455 g/mol. The molecule has 2 aliphatic rings. The molecule has 32 heavy (non-hydrogen) atoms. The van der Waals surface area contributed by atoms with Crippen LogP contribution < -0.4 is 4.74 Å². The lowest BCUT2D eigenvalue weighted by Crippen LogP contribution is -2.59. The third-order valence-corrected chi connectivity index (χ3v) is 5.88. The highest BCUT2D eigenvalue weighted by molar-refractivity contribution is 6.32. The maximum atomic E-state index is 12.6. The van der Waals surface area contributed by atoms with Gasteiger partial charge in [-0.15, -0.1) is 10.2 Å². The highest BCUT2D eigenvalue weighted by Crippen LogP contribution is 2.30. The molecule has 8 nitrogen and oxygen atoms in total. The second-order valence-electron chi connectivity index (χ2n) is 8.64. The monoisotopic (exact) mass is 454 g/mol. The molecule has 0 bridgehead atoms. The fourth-order valence-corrected chi connectivity index (χ4v) is 4.27. The molecule has 1 N–H and O–H groups in total. The number of rotatable bonds is 6. The lowest BCUT2D eigenvalue weighted by Gasteiger charge is -2.44. The Morgan fingerprint density at radius 3 is 2.66 bits per heavy atom. The van der Waals surface area contributed by atoms with Crippen LogP contribution in [0.4, 0.5) is 0 Å². The second kappa shape index (κ2) is 8.20. The fraction of sp³-hybridized carbons (Fsp3) is 0.348. The van der Waals surface area contributed by atoms with Gasteiger partial charge in [0.1, 0.15) is 11.9 Å². The van der Waals surface area contributed by atoms with Gasteiger partial charge >= 0.3 is 11.8 Å². The lowest BCUT2D eigenvalue weighted by atomic mass is 9.96. The summed E-state index contributed by atoms with van der Waals surface area (Å²) in [4.78, 5) is 16.3. The number of likely N-dealkylation sites (tertiary alicyclic amines) is 2. The van der Waals surface area contributed by atoms with Crippen molar-refractivity contribution in [2.24, 2.45) is 0 Å². The van der Waals surface area contributed by atoms with E-state index in [2.05, 4.69) is 15.1 Å². The first kappa shape index (κ1) is 20.9. The summed E-state index contributed by atoms with van der Waals surface area (Å²) in [6.07, 6.45) is -0.149. The van der Waals surface area contributed by atoms with E-state index in [9.17, 15) is 9.90 Å². The molecule has 1 amide bonds. The number of hydrogen-bond donors (Lipinski definition) is 1. The number of ether oxygens (including phenoxy) is 1. The molecule has 0 spiro atoms. The summed E-state index contributed by atoms with van der Waals surface area (Å²) in [5, 5.41) is 18.2. The standard InChI is InChI=1S/C23H23ClN4O4/c1-23(30)13-27(14-23)10-15-7-8-19(18(24)9-15)31-17-11-28(12-17)22(29)21-26-25-20(32-21)16-5-3-2-4-6-16/h2-9,17,30H,10-14H2,1H3. The zero-order valence-electron chi connectivity index (χ0n) is 17.6. The maximum absolute atomic E-state index is 12.6. The Morgan fingerprint density at radius 1 is 1.22 bits per heavy atom. The van der Waals surface area contributed by atoms with Gasteiger partial charge in [0.05, 0.1) is 23.7 Å². The van der Waals surface area contributed by atoms with Crippen LogP contribution in [0.2, 0.25) is 5.02 Å². The summed E-state index contributed by atoms with van der Waals surface area (Å²) >= 11 is 6.40. The minimum Gasteiger partial charge on any atom is -0.485 e. The predicted molar refractivity (Wildman–Crippen MR) is 117 cm³/mol. The van der Waals surface area contributed by atoms with Crippen LogP contribution in [-0.4, -0.2) is 68.9 Å². The van der Waals surface area contributed by atoms with Gasteiger partial charge in [-0.2, -0.15) is 0 Å². The second-order valence-corrected chi connectivity index (χ2v) is 9.04. The quantitative estimate of drug-likeness (QED) is 0.612. The molecule has 2 fully saturated rings. The first-order chi connectivity index (χ1) is 15.4. The van der Waals surface area contributed by atoms with Crippen molar-refractivity contribution in [2.45, 2.75) is 25.2 Å². The molecule has 0 unspecified atom stereocenters. The number of aliphatic hydroxyl groups is 1. The van der Waals surface area contributed by atoms with Crippen LogP contribution in [0.3, 0.4) is 0 Å². The largest absolute Gasteiger partial charge is 0.485 e. The van der Waals surface area contributed by atoms with Gasteiger partial charge in [-0.1, -0.05) is 35.9 Å². The van der Waals surface area contributed by atoms with Crippen LogP contribution in [0, 0.1) is 0 Å². The van der Waals surface area contributed by atoms with Gasteiger partial charge in [0.15, 0.2) is 0 Å². The van der Waals surface area contributed by atoms with Gasteiger partial charge in [-0.25, -0.2) is 0 Å². The van der Waals surface area contributed by atoms with Crippen LogP contribution in [0.15, 0.2) is 52.9 Å². The Kier molecular flexibility index (Phi) is 5.36. The Labute approximate surface area is 190 Å². The summed E-state index contributed by atoms with van der Waals surface area (Å²) in [5.74, 6) is 0.560. The first-order valence-electron chi connectivity index (χ1n) is 10.4. The number of hydrogen-bond acceptors (Lipinski definition) is 7. The number of β-amino-alcohol motifs (C(OH)–C–C–N with tert-alkyl or cyclic N) is 1. The number of carbonyl (C=O) groups excluding carboxylic acids is 1. The van der Waals surface area contributed by atoms with E-state index >= 15 is 0 Å². The molecule has 3 aromatic rings. The molecule has 0 radical (unpaired) electrons. The van der Waals surface area contributed by atoms with Crippen molar-refractivity contribution < 1.29 is 19.1 Å². The average Bonchev–Trinajstić information content (AvgIpc) is 3.21. The van der Waals surface area contributed by atoms with Gasteiger partial charge in [0, 0.05) is 25.2 Å². The number of carbonyl (C=O) groups is 1. The van der Waals surface area contributed by atoms with E-state index in [0.29, 0.717) is 42.8 Å². The summed E-state index contributed by atoms with van der Waals surface area (Å²) < 4.78 is 11.5. The zero-order chi connectivity index (χ0) is 22.3. The van der Waals surface area contributed by atoms with Gasteiger partial charge in [0.2, 0.25) is 5.89 Å². The number of halogens is 1. The van der Waals surface area contributed by atoms with Gasteiger partial charge in [0.25, 0.3) is 0 Å². The minimum atomic E-state index is -0.593. The summed E-state index contributed by atoms with van der Waals surface area (Å²) in [6, 6.07) is 15.0. The van der Waals surface area contributed by atoms with E-state index in [4.69, 9.17) is 20.8 Å². The molecule has 5 rings (SSSR count). The molecule has 9 heteroatoms. The topological polar surface area (TPSA) is 91.9 Å². The van der Waals surface area contributed by atoms with Gasteiger partial charge in [-0.05, 0) is 36.8 Å². The Hall–Kier alpha value is -2.94. The van der Waals surface area contributed by atoms with Crippen LogP contribution in [0.25, 0.3) is 11.5 Å². The Bertz CT molecular complexity index is 1120. The number of benzene rings is 2. The van der Waals surface area contributed by atoms with Crippen LogP contribution >= 0.6 is 11.6 Å². The molecule has 1 aromatic heterocycles.